The van der Waals surface area contributed by atoms with Gasteiger partial charge in [0.1, 0.15) is 5.75 Å². The van der Waals surface area contributed by atoms with Gasteiger partial charge in [-0.3, -0.25) is 9.52 Å². The molecule has 9 heteroatoms. The highest BCUT2D eigenvalue weighted by Crippen LogP contribution is 2.28. The molecule has 0 aliphatic heterocycles. The van der Waals surface area contributed by atoms with Crippen LogP contribution in [0.5, 0.6) is 5.75 Å². The highest BCUT2D eigenvalue weighted by Gasteiger charge is 2.10. The molecular formula is C17H18N4O4S. The van der Waals surface area contributed by atoms with Gasteiger partial charge in [-0.15, -0.1) is 0 Å². The van der Waals surface area contributed by atoms with Gasteiger partial charge in [0.15, 0.2) is 0 Å². The Kier molecular flexibility index (Phi) is 6.03. The van der Waals surface area contributed by atoms with Crippen LogP contribution in [0.25, 0.3) is 0 Å². The number of sulfonamides is 1. The van der Waals surface area contributed by atoms with Crippen LogP contribution in [0, 0.1) is 11.3 Å². The largest absolute Gasteiger partial charge is 0.494 e. The van der Waals surface area contributed by atoms with Crippen molar-refractivity contribution in [3.63, 3.8) is 0 Å². The highest BCUT2D eigenvalue weighted by molar-refractivity contribution is 7.92. The van der Waals surface area contributed by atoms with Gasteiger partial charge in [0.05, 0.1) is 37.2 Å². The highest BCUT2D eigenvalue weighted by atomic mass is 32.2. The second-order valence-corrected chi connectivity index (χ2v) is 7.13. The van der Waals surface area contributed by atoms with Gasteiger partial charge in [-0.05, 0) is 36.4 Å². The minimum atomic E-state index is -3.44. The van der Waals surface area contributed by atoms with E-state index in [-0.39, 0.29) is 23.9 Å². The van der Waals surface area contributed by atoms with Gasteiger partial charge in [-0.1, -0.05) is 0 Å². The summed E-state index contributed by atoms with van der Waals surface area (Å²) in [6.07, 6.45) is 1.04. The number of carbonyl (C=O) groups is 1. The van der Waals surface area contributed by atoms with E-state index in [2.05, 4.69) is 15.4 Å². The lowest BCUT2D eigenvalue weighted by Gasteiger charge is -2.12. The van der Waals surface area contributed by atoms with Crippen LogP contribution in [0.3, 0.4) is 0 Å². The summed E-state index contributed by atoms with van der Waals surface area (Å²) in [6, 6.07) is 13.3. The summed E-state index contributed by atoms with van der Waals surface area (Å²) in [7, 11) is -2.03. The van der Waals surface area contributed by atoms with Crippen LogP contribution in [-0.2, 0) is 14.8 Å². The van der Waals surface area contributed by atoms with Gasteiger partial charge in [-0.2, -0.15) is 5.26 Å². The number of methoxy groups -OCH3 is 1. The number of carbonyl (C=O) groups excluding carboxylic acids is 1. The van der Waals surface area contributed by atoms with Crippen molar-refractivity contribution in [2.75, 3.05) is 35.3 Å². The Balaban J connectivity index is 1.98. The van der Waals surface area contributed by atoms with Crippen molar-refractivity contribution in [1.29, 1.82) is 5.26 Å². The topological polar surface area (TPSA) is 120 Å². The molecule has 26 heavy (non-hydrogen) atoms. The number of ether oxygens (including phenoxy) is 1. The van der Waals surface area contributed by atoms with Gasteiger partial charge >= 0.3 is 0 Å². The number of nitrogens with zero attached hydrogens (tertiary/aromatic N) is 1. The Morgan fingerprint density at radius 2 is 1.81 bits per heavy atom. The monoisotopic (exact) mass is 374 g/mol. The van der Waals surface area contributed by atoms with Crippen molar-refractivity contribution in [1.82, 2.24) is 0 Å². The van der Waals surface area contributed by atoms with Crippen molar-refractivity contribution in [2.45, 2.75) is 0 Å². The summed E-state index contributed by atoms with van der Waals surface area (Å²) in [6.45, 7) is 0.0254. The van der Waals surface area contributed by atoms with Gasteiger partial charge in [-0.25, -0.2) is 8.42 Å². The Morgan fingerprint density at radius 3 is 2.38 bits per heavy atom. The predicted molar refractivity (Wildman–Crippen MR) is 99.7 cm³/mol. The third-order valence-corrected chi connectivity index (χ3v) is 3.84. The lowest BCUT2D eigenvalue weighted by Crippen LogP contribution is -2.21. The van der Waals surface area contributed by atoms with Crippen LogP contribution in [0.15, 0.2) is 42.5 Å². The molecule has 2 aromatic carbocycles. The summed E-state index contributed by atoms with van der Waals surface area (Å²) in [5.74, 6) is -0.00601. The van der Waals surface area contributed by atoms with Crippen LogP contribution < -0.4 is 20.1 Å². The first-order valence-corrected chi connectivity index (χ1v) is 9.39. The van der Waals surface area contributed by atoms with Crippen LogP contribution in [0.4, 0.5) is 17.1 Å². The van der Waals surface area contributed by atoms with Crippen LogP contribution >= 0.6 is 0 Å². The Hall–Kier alpha value is -3.25. The number of nitrogens with one attached hydrogen (secondary N) is 3. The molecule has 0 spiro atoms. The summed E-state index contributed by atoms with van der Waals surface area (Å²) in [5, 5.41) is 14.4. The maximum Gasteiger partial charge on any atom is 0.243 e. The third kappa shape index (κ3) is 5.68. The molecule has 0 aromatic heterocycles. The molecule has 0 radical (unpaired) electrons. The number of benzene rings is 2. The standard InChI is InChI=1S/C17H18N4O4S/c1-25-16-9-14(7-8-15(16)21-26(2,23)24)20-17(22)11-19-13-5-3-12(10-18)4-6-13/h3-9,19,21H,11H2,1-2H3,(H,20,22). The second-order valence-electron chi connectivity index (χ2n) is 5.38. The van der Waals surface area contributed by atoms with E-state index in [1.165, 1.54) is 19.2 Å². The molecule has 0 aliphatic rings. The van der Waals surface area contributed by atoms with Crippen molar-refractivity contribution < 1.29 is 17.9 Å². The molecule has 0 saturated heterocycles. The Morgan fingerprint density at radius 1 is 1.15 bits per heavy atom. The molecule has 8 nitrogen and oxygen atoms in total. The first-order chi connectivity index (χ1) is 12.3. The average Bonchev–Trinajstić information content (AvgIpc) is 2.60. The van der Waals surface area contributed by atoms with Gasteiger partial charge in [0.25, 0.3) is 0 Å². The molecule has 0 unspecified atom stereocenters. The van der Waals surface area contributed by atoms with Gasteiger partial charge < -0.3 is 15.4 Å². The quantitative estimate of drug-likeness (QED) is 0.682. The SMILES string of the molecule is COc1cc(NC(=O)CNc2ccc(C#N)cc2)ccc1NS(C)(=O)=O. The van der Waals surface area contributed by atoms with Crippen molar-refractivity contribution in [3.05, 3.63) is 48.0 Å². The van der Waals surface area contributed by atoms with Crippen molar-refractivity contribution >= 4 is 33.0 Å². The maximum atomic E-state index is 12.0. The molecule has 1 amide bonds. The van der Waals surface area contributed by atoms with E-state index >= 15 is 0 Å². The van der Waals surface area contributed by atoms with Crippen molar-refractivity contribution in [3.8, 4) is 11.8 Å². The molecule has 2 rings (SSSR count). The Labute approximate surface area is 151 Å². The predicted octanol–water partition coefficient (Wildman–Crippen LogP) is 1.99. The van der Waals surface area contributed by atoms with Gasteiger partial charge in [0.2, 0.25) is 15.9 Å². The summed E-state index contributed by atoms with van der Waals surface area (Å²) in [5.41, 5.74) is 2.00. The molecule has 0 fully saturated rings. The molecule has 0 saturated carbocycles. The number of hydrogen-bond acceptors (Lipinski definition) is 6. The minimum absolute atomic E-state index is 0.0254. The minimum Gasteiger partial charge on any atom is -0.494 e. The van der Waals surface area contributed by atoms with Crippen molar-refractivity contribution in [2.24, 2.45) is 0 Å². The maximum absolute atomic E-state index is 12.0. The first-order valence-electron chi connectivity index (χ1n) is 7.50. The van der Waals surface area contributed by atoms with E-state index in [0.29, 0.717) is 16.9 Å². The van der Waals surface area contributed by atoms with Crippen LogP contribution in [0.1, 0.15) is 5.56 Å². The molecule has 0 atom stereocenters. The van der Waals surface area contributed by atoms with E-state index in [1.807, 2.05) is 6.07 Å². The van der Waals surface area contributed by atoms with E-state index in [0.717, 1.165) is 6.26 Å². The summed E-state index contributed by atoms with van der Waals surface area (Å²) in [4.78, 5) is 12.0. The number of anilines is 3. The lowest BCUT2D eigenvalue weighted by atomic mass is 10.2. The fourth-order valence-corrected chi connectivity index (χ4v) is 2.67. The fourth-order valence-electron chi connectivity index (χ4n) is 2.10. The summed E-state index contributed by atoms with van der Waals surface area (Å²) < 4.78 is 30.1. The van der Waals surface area contributed by atoms with Crippen LogP contribution in [-0.4, -0.2) is 34.2 Å². The zero-order valence-corrected chi connectivity index (χ0v) is 15.1. The zero-order valence-electron chi connectivity index (χ0n) is 14.2. The molecule has 2 aromatic rings. The zero-order chi connectivity index (χ0) is 19.2. The third-order valence-electron chi connectivity index (χ3n) is 3.25. The smallest absolute Gasteiger partial charge is 0.243 e. The molecular weight excluding hydrogens is 356 g/mol. The van der Waals surface area contributed by atoms with E-state index in [9.17, 15) is 13.2 Å². The molecule has 0 aliphatic carbocycles. The summed E-state index contributed by atoms with van der Waals surface area (Å²) >= 11 is 0. The van der Waals surface area contributed by atoms with E-state index in [1.54, 1.807) is 30.3 Å². The molecule has 3 N–H and O–H groups in total. The molecule has 0 heterocycles. The second kappa shape index (κ2) is 8.22. The first kappa shape index (κ1) is 19.1. The van der Waals surface area contributed by atoms with Gasteiger partial charge in [0, 0.05) is 17.4 Å². The lowest BCUT2D eigenvalue weighted by molar-refractivity contribution is -0.114. The Bertz CT molecular complexity index is 934. The number of amides is 1. The van der Waals surface area contributed by atoms with Crippen LogP contribution in [0.2, 0.25) is 0 Å². The fraction of sp³-hybridized carbons (Fsp3) is 0.176. The number of nitriles is 1. The average molecular weight is 374 g/mol. The number of rotatable bonds is 7. The number of hydrogen-bond donors (Lipinski definition) is 3. The molecule has 0 bridgehead atoms. The van der Waals surface area contributed by atoms with E-state index < -0.39 is 10.0 Å². The van der Waals surface area contributed by atoms with E-state index in [4.69, 9.17) is 10.00 Å². The normalized spacial score (nSPS) is 10.5. The molecule has 136 valence electrons.